The number of ether oxygens (including phenoxy) is 3. The van der Waals surface area contributed by atoms with E-state index in [4.69, 9.17) is 26.4 Å². The summed E-state index contributed by atoms with van der Waals surface area (Å²) in [6.07, 6.45) is 6.14. The summed E-state index contributed by atoms with van der Waals surface area (Å²) in [7, 11) is 0. The molecule has 0 radical (unpaired) electrons. The Hall–Kier alpha value is -2.33. The Morgan fingerprint density at radius 2 is 1.57 bits per heavy atom. The molecule has 0 aliphatic heterocycles. The lowest BCUT2D eigenvalue weighted by molar-refractivity contribution is 0.282. The molecule has 0 unspecified atom stereocenters. The maximum atomic E-state index is 5.86. The predicted octanol–water partition coefficient (Wildman–Crippen LogP) is 6.27. The van der Waals surface area contributed by atoms with E-state index in [2.05, 4.69) is 31.2 Å². The van der Waals surface area contributed by atoms with Gasteiger partial charge in [-0.3, -0.25) is 0 Å². The average Bonchev–Trinajstić information content (AvgIpc) is 2.69. The quantitative estimate of drug-likeness (QED) is 0.253. The van der Waals surface area contributed by atoms with Crippen LogP contribution in [-0.4, -0.2) is 24.7 Å². The molecule has 0 saturated heterocycles. The molecule has 2 aromatic carbocycles. The first kappa shape index (κ1) is 22.0. The van der Waals surface area contributed by atoms with Gasteiger partial charge in [-0.2, -0.15) is 0 Å². The van der Waals surface area contributed by atoms with Crippen molar-refractivity contribution in [3.05, 3.63) is 59.2 Å². The Balaban J connectivity index is 2.31. The summed E-state index contributed by atoms with van der Waals surface area (Å²) in [5.41, 5.74) is 3.26. The van der Waals surface area contributed by atoms with Gasteiger partial charge in [-0.1, -0.05) is 49.8 Å². The minimum atomic E-state index is 0.554. The number of hydrogen-bond donors (Lipinski definition) is 0. The summed E-state index contributed by atoms with van der Waals surface area (Å²) in [6.45, 7) is 9.76. The van der Waals surface area contributed by atoms with Gasteiger partial charge < -0.3 is 14.2 Å². The number of hydrogen-bond acceptors (Lipinski definition) is 4. The van der Waals surface area contributed by atoms with Crippen molar-refractivity contribution in [3.8, 4) is 17.2 Å². The molecule has 0 bridgehead atoms. The first-order chi connectivity index (χ1) is 13.6. The summed E-state index contributed by atoms with van der Waals surface area (Å²) in [5.74, 6) is 2.15. The standard InChI is InChI=1S/C24H30O3S/c1-5-9-18-10-12-19(13-11-18)23(28)15-14-20-16-21(25-6-2)17-22(26-7-3)24(20)27-8-4/h10-17H,5-9H2,1-4H3. The highest BCUT2D eigenvalue weighted by Crippen LogP contribution is 2.37. The van der Waals surface area contributed by atoms with Gasteiger partial charge in [0.15, 0.2) is 11.5 Å². The summed E-state index contributed by atoms with van der Waals surface area (Å²) < 4.78 is 17.3. The molecule has 28 heavy (non-hydrogen) atoms. The molecule has 0 heterocycles. The Bertz CT molecular complexity index is 794. The van der Waals surface area contributed by atoms with Crippen LogP contribution in [0.1, 0.15) is 50.8 Å². The van der Waals surface area contributed by atoms with Crippen LogP contribution in [0, 0.1) is 0 Å². The smallest absolute Gasteiger partial charge is 0.168 e. The molecule has 0 fully saturated rings. The number of allylic oxidation sites excluding steroid dienone is 1. The van der Waals surface area contributed by atoms with Crippen LogP contribution >= 0.6 is 12.2 Å². The van der Waals surface area contributed by atoms with E-state index in [1.165, 1.54) is 5.56 Å². The van der Waals surface area contributed by atoms with E-state index in [1.54, 1.807) is 0 Å². The Morgan fingerprint density at radius 3 is 2.18 bits per heavy atom. The lowest BCUT2D eigenvalue weighted by Crippen LogP contribution is -2.02. The second-order valence-electron chi connectivity index (χ2n) is 6.28. The number of benzene rings is 2. The van der Waals surface area contributed by atoms with Crippen molar-refractivity contribution in [2.75, 3.05) is 19.8 Å². The van der Waals surface area contributed by atoms with Gasteiger partial charge >= 0.3 is 0 Å². The minimum Gasteiger partial charge on any atom is -0.494 e. The van der Waals surface area contributed by atoms with E-state index >= 15 is 0 Å². The zero-order valence-corrected chi connectivity index (χ0v) is 18.1. The molecule has 0 saturated carbocycles. The van der Waals surface area contributed by atoms with Gasteiger partial charge in [0.2, 0.25) is 0 Å². The first-order valence-electron chi connectivity index (χ1n) is 10.0. The third-order valence-corrected chi connectivity index (χ3v) is 4.52. The molecular formula is C24H30O3S. The average molecular weight is 399 g/mol. The van der Waals surface area contributed by atoms with Gasteiger partial charge in [0.25, 0.3) is 0 Å². The fourth-order valence-electron chi connectivity index (χ4n) is 2.92. The van der Waals surface area contributed by atoms with E-state index in [9.17, 15) is 0 Å². The zero-order chi connectivity index (χ0) is 20.4. The lowest BCUT2D eigenvalue weighted by Gasteiger charge is -2.16. The molecule has 2 aromatic rings. The Morgan fingerprint density at radius 1 is 0.893 bits per heavy atom. The maximum Gasteiger partial charge on any atom is 0.168 e. The highest BCUT2D eigenvalue weighted by atomic mass is 32.1. The molecule has 0 N–H and O–H groups in total. The fraction of sp³-hybridized carbons (Fsp3) is 0.375. The van der Waals surface area contributed by atoms with Crippen LogP contribution in [0.3, 0.4) is 0 Å². The topological polar surface area (TPSA) is 27.7 Å². The van der Waals surface area contributed by atoms with Gasteiger partial charge in [0.05, 0.1) is 19.8 Å². The van der Waals surface area contributed by atoms with Gasteiger partial charge in [-0.25, -0.2) is 0 Å². The zero-order valence-electron chi connectivity index (χ0n) is 17.3. The first-order valence-corrected chi connectivity index (χ1v) is 10.4. The normalized spacial score (nSPS) is 10.9. The second kappa shape index (κ2) is 11.5. The van der Waals surface area contributed by atoms with Gasteiger partial charge in [0, 0.05) is 16.5 Å². The van der Waals surface area contributed by atoms with Crippen LogP contribution in [-0.2, 0) is 6.42 Å². The molecular weight excluding hydrogens is 368 g/mol. The van der Waals surface area contributed by atoms with Gasteiger partial charge in [0.1, 0.15) is 5.75 Å². The van der Waals surface area contributed by atoms with Gasteiger partial charge in [-0.05, 0) is 56.5 Å². The van der Waals surface area contributed by atoms with Crippen LogP contribution in [0.4, 0.5) is 0 Å². The minimum absolute atomic E-state index is 0.554. The molecule has 0 aliphatic carbocycles. The molecule has 0 atom stereocenters. The van der Waals surface area contributed by atoms with Crippen molar-refractivity contribution in [1.29, 1.82) is 0 Å². The second-order valence-corrected chi connectivity index (χ2v) is 6.72. The third kappa shape index (κ3) is 6.10. The molecule has 150 valence electrons. The van der Waals surface area contributed by atoms with Crippen molar-refractivity contribution in [3.63, 3.8) is 0 Å². The summed E-state index contributed by atoms with van der Waals surface area (Å²) in [6, 6.07) is 12.3. The molecule has 4 heteroatoms. The molecule has 0 aliphatic rings. The van der Waals surface area contributed by atoms with E-state index in [0.717, 1.165) is 34.6 Å². The van der Waals surface area contributed by atoms with Gasteiger partial charge in [-0.15, -0.1) is 0 Å². The van der Waals surface area contributed by atoms with E-state index in [1.807, 2.05) is 45.1 Å². The molecule has 0 spiro atoms. The fourth-order valence-corrected chi connectivity index (χ4v) is 3.12. The highest BCUT2D eigenvalue weighted by molar-refractivity contribution is 7.81. The van der Waals surface area contributed by atoms with Crippen molar-refractivity contribution in [2.45, 2.75) is 40.5 Å². The summed E-state index contributed by atoms with van der Waals surface area (Å²) >= 11 is 5.61. The van der Waals surface area contributed by atoms with Crippen LogP contribution in [0.15, 0.2) is 42.5 Å². The summed E-state index contributed by atoms with van der Waals surface area (Å²) in [4.78, 5) is 0.783. The van der Waals surface area contributed by atoms with Crippen LogP contribution in [0.25, 0.3) is 6.08 Å². The van der Waals surface area contributed by atoms with Crippen molar-refractivity contribution in [2.24, 2.45) is 0 Å². The van der Waals surface area contributed by atoms with E-state index in [0.29, 0.717) is 31.3 Å². The number of rotatable bonds is 11. The van der Waals surface area contributed by atoms with Crippen molar-refractivity contribution >= 4 is 23.2 Å². The number of aryl methyl sites for hydroxylation is 1. The Labute approximate surface area is 174 Å². The SMILES string of the molecule is CCCc1ccc(C(=S)C=Cc2cc(OCC)cc(OCC)c2OCC)cc1. The predicted molar refractivity (Wildman–Crippen MR) is 121 cm³/mol. The Kier molecular flexibility index (Phi) is 9.02. The molecule has 3 nitrogen and oxygen atoms in total. The summed E-state index contributed by atoms with van der Waals surface area (Å²) in [5, 5.41) is 0. The van der Waals surface area contributed by atoms with Crippen LogP contribution < -0.4 is 14.2 Å². The molecule has 2 rings (SSSR count). The van der Waals surface area contributed by atoms with Crippen LogP contribution in [0.2, 0.25) is 0 Å². The largest absolute Gasteiger partial charge is 0.494 e. The highest BCUT2D eigenvalue weighted by Gasteiger charge is 2.13. The lowest BCUT2D eigenvalue weighted by atomic mass is 10.0. The maximum absolute atomic E-state index is 5.86. The van der Waals surface area contributed by atoms with Crippen molar-refractivity contribution < 1.29 is 14.2 Å². The van der Waals surface area contributed by atoms with Crippen molar-refractivity contribution in [1.82, 2.24) is 0 Å². The molecule has 0 amide bonds. The monoisotopic (exact) mass is 398 g/mol. The molecule has 0 aromatic heterocycles. The van der Waals surface area contributed by atoms with E-state index < -0.39 is 0 Å². The third-order valence-electron chi connectivity index (χ3n) is 4.15. The van der Waals surface area contributed by atoms with E-state index in [-0.39, 0.29) is 0 Å². The van der Waals surface area contributed by atoms with Crippen LogP contribution in [0.5, 0.6) is 17.2 Å². The number of thiocarbonyl (C=S) groups is 1.